The first-order valence-corrected chi connectivity index (χ1v) is 7.18. The fourth-order valence-corrected chi connectivity index (χ4v) is 2.56. The Balaban J connectivity index is 2.90. The number of aliphatic hydroxyl groups is 1. The van der Waals surface area contributed by atoms with Gasteiger partial charge in [-0.05, 0) is 24.5 Å². The summed E-state index contributed by atoms with van der Waals surface area (Å²) in [4.78, 5) is 12.4. The van der Waals surface area contributed by atoms with Crippen molar-refractivity contribution in [3.8, 4) is 0 Å². The Morgan fingerprint density at radius 1 is 1.40 bits per heavy atom. The van der Waals surface area contributed by atoms with Crippen molar-refractivity contribution in [2.75, 3.05) is 13.2 Å². The van der Waals surface area contributed by atoms with E-state index in [4.69, 9.17) is 11.6 Å². The number of nitrogens with zero attached hydrogens (tertiary/aromatic N) is 2. The number of halogens is 1. The molecule has 0 amide bonds. The lowest BCUT2D eigenvalue weighted by Crippen LogP contribution is -2.36. The average Bonchev–Trinajstić information content (AvgIpc) is 2.42. The number of benzene rings is 1. The molecule has 0 fully saturated rings. The van der Waals surface area contributed by atoms with Gasteiger partial charge in [-0.25, -0.2) is 0 Å². The van der Waals surface area contributed by atoms with Crippen LogP contribution in [0.3, 0.4) is 0 Å². The second-order valence-corrected chi connectivity index (χ2v) is 5.10. The predicted molar refractivity (Wildman–Crippen MR) is 80.0 cm³/mol. The zero-order valence-electron chi connectivity index (χ0n) is 11.9. The van der Waals surface area contributed by atoms with Crippen LogP contribution >= 0.6 is 11.6 Å². The Morgan fingerprint density at radius 2 is 2.05 bits per heavy atom. The summed E-state index contributed by atoms with van der Waals surface area (Å²) in [6, 6.07) is 4.90. The molecule has 0 saturated heterocycles. The summed E-state index contributed by atoms with van der Waals surface area (Å²) >= 11 is 6.12. The largest absolute Gasteiger partial charge is 0.395 e. The van der Waals surface area contributed by atoms with Crippen molar-refractivity contribution in [1.82, 2.24) is 4.90 Å². The number of rotatable bonds is 8. The normalized spacial score (nSPS) is 11.3. The molecule has 0 atom stereocenters. The van der Waals surface area contributed by atoms with Crippen molar-refractivity contribution in [2.45, 2.75) is 39.3 Å². The summed E-state index contributed by atoms with van der Waals surface area (Å²) in [7, 11) is 0. The smallest absolute Gasteiger partial charge is 0.270 e. The summed E-state index contributed by atoms with van der Waals surface area (Å²) in [5.74, 6) is 0. The average molecular weight is 301 g/mol. The molecule has 0 aliphatic carbocycles. The first kappa shape index (κ1) is 16.9. The van der Waals surface area contributed by atoms with E-state index < -0.39 is 4.92 Å². The predicted octanol–water partition coefficient (Wildman–Crippen LogP) is 3.23. The molecule has 0 heterocycles. The molecular weight excluding hydrogens is 280 g/mol. The van der Waals surface area contributed by atoms with E-state index in [-0.39, 0.29) is 12.3 Å². The van der Waals surface area contributed by atoms with Crippen LogP contribution in [0.2, 0.25) is 5.02 Å². The third-order valence-electron chi connectivity index (χ3n) is 3.47. The number of nitro benzene ring substituents is 1. The van der Waals surface area contributed by atoms with Crippen LogP contribution in [0.4, 0.5) is 5.69 Å². The minimum Gasteiger partial charge on any atom is -0.395 e. The molecule has 6 heteroatoms. The Labute approximate surface area is 124 Å². The fourth-order valence-electron chi connectivity index (χ4n) is 2.32. The van der Waals surface area contributed by atoms with Crippen LogP contribution in [-0.4, -0.2) is 34.1 Å². The first-order chi connectivity index (χ1) is 9.53. The molecule has 1 aromatic carbocycles. The molecule has 0 unspecified atom stereocenters. The number of hydrogen-bond acceptors (Lipinski definition) is 4. The molecule has 0 bridgehead atoms. The van der Waals surface area contributed by atoms with Crippen molar-refractivity contribution in [3.05, 3.63) is 38.9 Å². The van der Waals surface area contributed by atoms with Gasteiger partial charge in [-0.2, -0.15) is 0 Å². The van der Waals surface area contributed by atoms with Gasteiger partial charge < -0.3 is 5.11 Å². The van der Waals surface area contributed by atoms with E-state index in [2.05, 4.69) is 18.7 Å². The maximum Gasteiger partial charge on any atom is 0.270 e. The van der Waals surface area contributed by atoms with Crippen molar-refractivity contribution in [2.24, 2.45) is 0 Å². The Morgan fingerprint density at radius 3 is 2.50 bits per heavy atom. The summed E-state index contributed by atoms with van der Waals surface area (Å²) < 4.78 is 0. The molecule has 20 heavy (non-hydrogen) atoms. The van der Waals surface area contributed by atoms with E-state index in [9.17, 15) is 15.2 Å². The van der Waals surface area contributed by atoms with Crippen molar-refractivity contribution in [3.63, 3.8) is 0 Å². The summed E-state index contributed by atoms with van der Waals surface area (Å²) in [5.41, 5.74) is 0.840. The van der Waals surface area contributed by atoms with Gasteiger partial charge in [0.25, 0.3) is 5.69 Å². The highest BCUT2D eigenvalue weighted by Gasteiger charge is 2.17. The summed E-state index contributed by atoms with van der Waals surface area (Å²) in [5, 5.41) is 20.3. The van der Waals surface area contributed by atoms with E-state index >= 15 is 0 Å². The van der Waals surface area contributed by atoms with Crippen LogP contribution in [0.15, 0.2) is 18.2 Å². The summed E-state index contributed by atoms with van der Waals surface area (Å²) in [6.07, 6.45) is 1.97. The van der Waals surface area contributed by atoms with Gasteiger partial charge in [0.05, 0.1) is 16.6 Å². The lowest BCUT2D eigenvalue weighted by molar-refractivity contribution is -0.384. The highest BCUT2D eigenvalue weighted by atomic mass is 35.5. The zero-order valence-corrected chi connectivity index (χ0v) is 12.6. The number of non-ortho nitro benzene ring substituents is 1. The van der Waals surface area contributed by atoms with Gasteiger partial charge in [-0.3, -0.25) is 15.0 Å². The van der Waals surface area contributed by atoms with Gasteiger partial charge in [0.15, 0.2) is 0 Å². The van der Waals surface area contributed by atoms with E-state index in [0.29, 0.717) is 24.2 Å². The van der Waals surface area contributed by atoms with E-state index in [1.54, 1.807) is 6.07 Å². The van der Waals surface area contributed by atoms with Gasteiger partial charge in [0.1, 0.15) is 0 Å². The molecule has 1 N–H and O–H groups in total. The maximum atomic E-state index is 10.7. The number of aliphatic hydroxyl groups excluding tert-OH is 1. The molecule has 0 spiro atoms. The minimum absolute atomic E-state index is 0.00464. The van der Waals surface area contributed by atoms with Crippen molar-refractivity contribution < 1.29 is 10.0 Å². The molecule has 0 radical (unpaired) electrons. The van der Waals surface area contributed by atoms with Gasteiger partial charge >= 0.3 is 0 Å². The Kier molecular flexibility index (Phi) is 6.91. The number of nitro groups is 1. The molecule has 0 saturated carbocycles. The maximum absolute atomic E-state index is 10.7. The number of hydrogen-bond donors (Lipinski definition) is 1. The molecule has 1 aromatic rings. The van der Waals surface area contributed by atoms with Gasteiger partial charge in [-0.15, -0.1) is 0 Å². The third kappa shape index (κ3) is 4.44. The topological polar surface area (TPSA) is 66.6 Å². The lowest BCUT2D eigenvalue weighted by atomic mass is 10.1. The molecule has 1 rings (SSSR count). The lowest BCUT2D eigenvalue weighted by Gasteiger charge is -2.30. The molecular formula is C14H21ClN2O3. The molecule has 5 nitrogen and oxygen atoms in total. The molecule has 112 valence electrons. The Hall–Kier alpha value is -1.17. The minimum atomic E-state index is -0.456. The highest BCUT2D eigenvalue weighted by molar-refractivity contribution is 6.31. The van der Waals surface area contributed by atoms with E-state index in [1.165, 1.54) is 12.1 Å². The highest BCUT2D eigenvalue weighted by Crippen LogP contribution is 2.24. The fraction of sp³-hybridized carbons (Fsp3) is 0.571. The van der Waals surface area contributed by atoms with Crippen molar-refractivity contribution in [1.29, 1.82) is 0 Å². The molecule has 0 aliphatic rings. The van der Waals surface area contributed by atoms with Crippen molar-refractivity contribution >= 4 is 17.3 Å². The first-order valence-electron chi connectivity index (χ1n) is 6.81. The van der Waals surface area contributed by atoms with Gasteiger partial charge in [0.2, 0.25) is 0 Å². The quantitative estimate of drug-likeness (QED) is 0.591. The van der Waals surface area contributed by atoms with Crippen LogP contribution in [0.5, 0.6) is 0 Å². The van der Waals surface area contributed by atoms with Gasteiger partial charge in [-0.1, -0.05) is 25.4 Å². The second-order valence-electron chi connectivity index (χ2n) is 4.70. The monoisotopic (exact) mass is 300 g/mol. The molecule has 0 aromatic heterocycles. The van der Waals surface area contributed by atoms with Crippen LogP contribution < -0.4 is 0 Å². The summed E-state index contributed by atoms with van der Waals surface area (Å²) in [6.45, 7) is 5.45. The SMILES string of the molecule is CCC(CC)N(CCO)Cc1ccc([N+](=O)[O-])cc1Cl. The van der Waals surface area contributed by atoms with Crippen LogP contribution in [0, 0.1) is 10.1 Å². The van der Waals surface area contributed by atoms with E-state index in [0.717, 1.165) is 18.4 Å². The van der Waals surface area contributed by atoms with Crippen LogP contribution in [-0.2, 0) is 6.54 Å². The third-order valence-corrected chi connectivity index (χ3v) is 3.82. The second kappa shape index (κ2) is 8.19. The standard InChI is InChI=1S/C14H21ClN2O3/c1-3-12(4-2)16(7-8-18)10-11-5-6-13(17(19)20)9-14(11)15/h5-6,9,12,18H,3-4,7-8,10H2,1-2H3. The van der Waals surface area contributed by atoms with E-state index in [1.807, 2.05) is 0 Å². The zero-order chi connectivity index (χ0) is 15.1. The van der Waals surface area contributed by atoms with Gasteiger partial charge in [0, 0.05) is 31.3 Å². The van der Waals surface area contributed by atoms with Crippen LogP contribution in [0.1, 0.15) is 32.3 Å². The van der Waals surface area contributed by atoms with Crippen LogP contribution in [0.25, 0.3) is 0 Å². The molecule has 0 aliphatic heterocycles. The Bertz CT molecular complexity index is 450.